The van der Waals surface area contributed by atoms with E-state index in [1.807, 2.05) is 0 Å². The van der Waals surface area contributed by atoms with Gasteiger partial charge in [-0.15, -0.1) is 0 Å². The predicted octanol–water partition coefficient (Wildman–Crippen LogP) is 2.37. The second kappa shape index (κ2) is 3.25. The van der Waals surface area contributed by atoms with Gasteiger partial charge in [-0.1, -0.05) is 12.1 Å². The Labute approximate surface area is 81.0 Å². The normalized spacial score (nSPS) is 20.6. The molecule has 14 heavy (non-hydrogen) atoms. The predicted molar refractivity (Wildman–Crippen MR) is 49.0 cm³/mol. The molecule has 0 saturated carbocycles. The van der Waals surface area contributed by atoms with Crippen LogP contribution in [0.15, 0.2) is 35.9 Å². The van der Waals surface area contributed by atoms with E-state index in [4.69, 9.17) is 4.74 Å². The summed E-state index contributed by atoms with van der Waals surface area (Å²) in [4.78, 5) is 11.1. The molecule has 1 unspecified atom stereocenters. The van der Waals surface area contributed by atoms with Gasteiger partial charge in [0.05, 0.1) is 0 Å². The van der Waals surface area contributed by atoms with Crippen LogP contribution in [0, 0.1) is 5.82 Å². The van der Waals surface area contributed by atoms with Gasteiger partial charge in [0.1, 0.15) is 11.9 Å². The molecule has 0 radical (unpaired) electrons. The van der Waals surface area contributed by atoms with Crippen LogP contribution in [0.25, 0.3) is 0 Å². The molecule has 1 aromatic rings. The molecule has 1 atom stereocenters. The van der Waals surface area contributed by atoms with Crippen LogP contribution in [0.1, 0.15) is 18.6 Å². The van der Waals surface area contributed by atoms with Crippen molar-refractivity contribution in [3.63, 3.8) is 0 Å². The molecule has 1 aliphatic rings. The summed E-state index contributed by atoms with van der Waals surface area (Å²) in [6.45, 7) is 1.70. The van der Waals surface area contributed by atoms with Crippen molar-refractivity contribution in [3.05, 3.63) is 47.3 Å². The van der Waals surface area contributed by atoms with Crippen LogP contribution < -0.4 is 0 Å². The quantitative estimate of drug-likeness (QED) is 0.638. The molecule has 0 bridgehead atoms. The second-order valence-electron chi connectivity index (χ2n) is 3.23. The third kappa shape index (κ3) is 1.53. The maximum Gasteiger partial charge on any atom is 0.334 e. The molecule has 1 aromatic carbocycles. The van der Waals surface area contributed by atoms with Crippen molar-refractivity contribution in [2.45, 2.75) is 13.0 Å². The number of halogens is 1. The highest BCUT2D eigenvalue weighted by Crippen LogP contribution is 2.27. The van der Waals surface area contributed by atoms with E-state index >= 15 is 0 Å². The molecule has 2 rings (SSSR count). The van der Waals surface area contributed by atoms with Crippen molar-refractivity contribution in [3.8, 4) is 0 Å². The van der Waals surface area contributed by atoms with Crippen LogP contribution in [0.3, 0.4) is 0 Å². The molecule has 0 amide bonds. The van der Waals surface area contributed by atoms with E-state index in [0.717, 1.165) is 5.56 Å². The van der Waals surface area contributed by atoms with Gasteiger partial charge in [-0.05, 0) is 30.7 Å². The first-order valence-corrected chi connectivity index (χ1v) is 4.31. The molecule has 1 aliphatic heterocycles. The minimum Gasteiger partial charge on any atom is -0.450 e. The molecule has 0 saturated heterocycles. The number of benzene rings is 1. The number of cyclic esters (lactones) is 1. The summed E-state index contributed by atoms with van der Waals surface area (Å²) in [7, 11) is 0. The van der Waals surface area contributed by atoms with Crippen LogP contribution in [0.4, 0.5) is 4.39 Å². The number of carbonyl (C=O) groups excluding carboxylic acids is 1. The van der Waals surface area contributed by atoms with Crippen LogP contribution in [0.2, 0.25) is 0 Å². The lowest BCUT2D eigenvalue weighted by atomic mass is 10.1. The van der Waals surface area contributed by atoms with Crippen molar-refractivity contribution in [2.75, 3.05) is 0 Å². The molecule has 0 N–H and O–H groups in total. The lowest BCUT2D eigenvalue weighted by molar-refractivity contribution is -0.139. The fourth-order valence-electron chi connectivity index (χ4n) is 1.35. The van der Waals surface area contributed by atoms with E-state index in [0.29, 0.717) is 5.57 Å². The van der Waals surface area contributed by atoms with E-state index in [1.165, 1.54) is 12.1 Å². The highest BCUT2D eigenvalue weighted by molar-refractivity contribution is 5.90. The Kier molecular flexibility index (Phi) is 2.08. The summed E-state index contributed by atoms with van der Waals surface area (Å²) in [5, 5.41) is 0. The highest BCUT2D eigenvalue weighted by atomic mass is 19.1. The standard InChI is InChI=1S/C11H9FO2/c1-7-6-10(14-11(7)13)8-2-4-9(12)5-3-8/h2-6,10H,1H3. The molecule has 0 aromatic heterocycles. The van der Waals surface area contributed by atoms with Crippen LogP contribution in [-0.4, -0.2) is 5.97 Å². The van der Waals surface area contributed by atoms with Crippen LogP contribution in [0.5, 0.6) is 0 Å². The third-order valence-corrected chi connectivity index (χ3v) is 2.16. The zero-order valence-electron chi connectivity index (χ0n) is 7.66. The minimum absolute atomic E-state index is 0.293. The van der Waals surface area contributed by atoms with Crippen molar-refractivity contribution < 1.29 is 13.9 Å². The van der Waals surface area contributed by atoms with Gasteiger partial charge in [-0.25, -0.2) is 9.18 Å². The van der Waals surface area contributed by atoms with Crippen LogP contribution >= 0.6 is 0 Å². The molecule has 72 valence electrons. The fourth-order valence-corrected chi connectivity index (χ4v) is 1.35. The Morgan fingerprint density at radius 1 is 1.29 bits per heavy atom. The number of carbonyl (C=O) groups is 1. The van der Waals surface area contributed by atoms with Crippen LogP contribution in [-0.2, 0) is 9.53 Å². The summed E-state index contributed by atoms with van der Waals surface area (Å²) in [6, 6.07) is 5.93. The fraction of sp³-hybridized carbons (Fsp3) is 0.182. The van der Waals surface area contributed by atoms with Gasteiger partial charge in [-0.3, -0.25) is 0 Å². The van der Waals surface area contributed by atoms with E-state index in [9.17, 15) is 9.18 Å². The summed E-state index contributed by atoms with van der Waals surface area (Å²) in [5.74, 6) is -0.599. The van der Waals surface area contributed by atoms with Gasteiger partial charge in [0.25, 0.3) is 0 Å². The molecule has 0 spiro atoms. The minimum atomic E-state index is -0.358. The first kappa shape index (κ1) is 8.94. The molecular formula is C11H9FO2. The Hall–Kier alpha value is -1.64. The highest BCUT2D eigenvalue weighted by Gasteiger charge is 2.23. The molecule has 0 fully saturated rings. The van der Waals surface area contributed by atoms with E-state index in [-0.39, 0.29) is 17.9 Å². The SMILES string of the molecule is CC1=CC(c2ccc(F)cc2)OC1=O. The van der Waals surface area contributed by atoms with E-state index < -0.39 is 0 Å². The topological polar surface area (TPSA) is 26.3 Å². The smallest absolute Gasteiger partial charge is 0.334 e. The van der Waals surface area contributed by atoms with Gasteiger partial charge in [0, 0.05) is 5.57 Å². The summed E-state index contributed by atoms with van der Waals surface area (Å²) in [5.41, 5.74) is 1.39. The van der Waals surface area contributed by atoms with Gasteiger partial charge in [0.15, 0.2) is 0 Å². The first-order chi connectivity index (χ1) is 6.66. The lowest BCUT2D eigenvalue weighted by Crippen LogP contribution is -2.01. The van der Waals surface area contributed by atoms with Crippen molar-refractivity contribution in [1.29, 1.82) is 0 Å². The van der Waals surface area contributed by atoms with Crippen molar-refractivity contribution in [1.82, 2.24) is 0 Å². The lowest BCUT2D eigenvalue weighted by Gasteiger charge is -2.07. The average molecular weight is 192 g/mol. The zero-order valence-corrected chi connectivity index (χ0v) is 7.66. The summed E-state index contributed by atoms with van der Waals surface area (Å²) < 4.78 is 17.6. The van der Waals surface area contributed by atoms with Crippen molar-refractivity contribution in [2.24, 2.45) is 0 Å². The van der Waals surface area contributed by atoms with Gasteiger partial charge in [-0.2, -0.15) is 0 Å². The average Bonchev–Trinajstić information content (AvgIpc) is 2.48. The Balaban J connectivity index is 2.26. The van der Waals surface area contributed by atoms with E-state index in [1.54, 1.807) is 25.1 Å². The number of hydrogen-bond donors (Lipinski definition) is 0. The Morgan fingerprint density at radius 2 is 1.93 bits per heavy atom. The second-order valence-corrected chi connectivity index (χ2v) is 3.23. The largest absolute Gasteiger partial charge is 0.450 e. The Bertz CT molecular complexity index is 392. The van der Waals surface area contributed by atoms with E-state index in [2.05, 4.69) is 0 Å². The van der Waals surface area contributed by atoms with Gasteiger partial charge < -0.3 is 4.74 Å². The maximum atomic E-state index is 12.6. The summed E-state index contributed by atoms with van der Waals surface area (Å²) >= 11 is 0. The number of esters is 1. The molecular weight excluding hydrogens is 183 g/mol. The molecule has 0 aliphatic carbocycles. The summed E-state index contributed by atoms with van der Waals surface area (Å²) in [6.07, 6.45) is 1.37. The first-order valence-electron chi connectivity index (χ1n) is 4.31. The molecule has 3 heteroatoms. The number of rotatable bonds is 1. The number of ether oxygens (including phenoxy) is 1. The number of hydrogen-bond acceptors (Lipinski definition) is 2. The van der Waals surface area contributed by atoms with Crippen molar-refractivity contribution >= 4 is 5.97 Å². The van der Waals surface area contributed by atoms with Gasteiger partial charge >= 0.3 is 5.97 Å². The van der Waals surface area contributed by atoms with Gasteiger partial charge in [0.2, 0.25) is 0 Å². The zero-order chi connectivity index (χ0) is 10.1. The third-order valence-electron chi connectivity index (χ3n) is 2.16. The molecule has 2 nitrogen and oxygen atoms in total. The monoisotopic (exact) mass is 192 g/mol. The maximum absolute atomic E-state index is 12.6. The Morgan fingerprint density at radius 3 is 2.43 bits per heavy atom. The molecule has 1 heterocycles.